The van der Waals surface area contributed by atoms with Crippen LogP contribution in [0.4, 0.5) is 0 Å². The number of hydrogen-bond acceptors (Lipinski definition) is 9. The molecule has 15 atom stereocenters. The van der Waals surface area contributed by atoms with Crippen molar-refractivity contribution in [3.63, 3.8) is 0 Å². The van der Waals surface area contributed by atoms with E-state index in [1.54, 1.807) is 0 Å². The van der Waals surface area contributed by atoms with E-state index in [0.29, 0.717) is 36.1 Å². The average Bonchev–Trinajstić information content (AvgIpc) is 3.77. The monoisotopic (exact) mass is 486 g/mol. The van der Waals surface area contributed by atoms with Gasteiger partial charge in [-0.05, 0) is 56.3 Å². The van der Waals surface area contributed by atoms with Crippen molar-refractivity contribution >= 4 is 33.1 Å². The number of fused-ring (bicyclic) bond motifs is 15. The maximum absolute atomic E-state index is 13.1. The Labute approximate surface area is 201 Å². The van der Waals surface area contributed by atoms with E-state index in [4.69, 9.17) is 25.6 Å². The summed E-state index contributed by atoms with van der Waals surface area (Å²) in [7, 11) is 0. The summed E-state index contributed by atoms with van der Waals surface area (Å²) in [5, 5.41) is 0. The molecule has 3 saturated heterocycles. The second-order valence-corrected chi connectivity index (χ2v) is 13.6. The molecule has 0 aromatic carbocycles. The summed E-state index contributed by atoms with van der Waals surface area (Å²) in [6.07, 6.45) is 6.65. The Bertz CT molecular complexity index is 879. The van der Waals surface area contributed by atoms with E-state index in [0.717, 1.165) is 38.5 Å². The number of rotatable bonds is 6. The van der Waals surface area contributed by atoms with Gasteiger partial charge in [0.25, 0.3) is 17.9 Å². The fourth-order valence-corrected chi connectivity index (χ4v) is 10.5. The molecule has 0 N–H and O–H groups in total. The normalized spacial score (nSPS) is 57.0. The van der Waals surface area contributed by atoms with Gasteiger partial charge < -0.3 is 25.6 Å². The van der Waals surface area contributed by atoms with E-state index in [9.17, 15) is 14.4 Å². The van der Waals surface area contributed by atoms with Crippen molar-refractivity contribution in [3.8, 4) is 0 Å². The predicted octanol–water partition coefficient (Wildman–Crippen LogP) is 0.871. The van der Waals surface area contributed by atoms with Gasteiger partial charge in [-0.15, -0.1) is 0 Å². The molecular weight excluding hydrogens is 459 g/mol. The summed E-state index contributed by atoms with van der Waals surface area (Å²) in [6, 6.07) is 0. The summed E-state index contributed by atoms with van der Waals surface area (Å²) < 4.78 is 34.3. The van der Waals surface area contributed by atoms with Crippen molar-refractivity contribution in [1.29, 1.82) is 0 Å². The highest BCUT2D eigenvalue weighted by Gasteiger charge is 2.69. The van der Waals surface area contributed by atoms with Crippen LogP contribution in [0.1, 0.15) is 38.5 Å². The first-order valence-corrected chi connectivity index (χ1v) is 14.5. The van der Waals surface area contributed by atoms with Gasteiger partial charge in [0.15, 0.2) is 0 Å². The smallest absolute Gasteiger partial charge is 0.551 e. The molecule has 3 aliphatic heterocycles. The van der Waals surface area contributed by atoms with Gasteiger partial charge in [-0.1, -0.05) is 0 Å². The number of ether oxygens (including phenoxy) is 3. The Kier molecular flexibility index (Phi) is 3.86. The molecule has 0 aromatic rings. The van der Waals surface area contributed by atoms with Gasteiger partial charge >= 0.3 is 15.1 Å². The molecule has 9 rings (SSSR count). The lowest BCUT2D eigenvalue weighted by atomic mass is 9.89. The number of epoxide rings is 3. The van der Waals surface area contributed by atoms with Crippen molar-refractivity contribution in [3.05, 3.63) is 0 Å². The number of carbonyl (C=O) groups is 3. The molecule has 10 heteroatoms. The van der Waals surface area contributed by atoms with Crippen LogP contribution >= 0.6 is 0 Å². The lowest BCUT2D eigenvalue weighted by Gasteiger charge is -2.24. The molecule has 34 heavy (non-hydrogen) atoms. The minimum atomic E-state index is -3.34. The Morgan fingerprint density at radius 1 is 0.500 bits per heavy atom. The van der Waals surface area contributed by atoms with Crippen LogP contribution in [0.25, 0.3) is 0 Å². The Morgan fingerprint density at radius 2 is 0.824 bits per heavy atom. The fraction of sp³-hybridized carbons (Fsp3) is 0.875. The minimum Gasteiger partial charge on any atom is -0.551 e. The standard InChI is InChI=1S/3C8H10O3.Al/c3*9-8(10)5-2-3-1-4(5)7-6(3)11-7;/h3*3-7H,1-2H2,(H,9,10);/q;;;+3/p-3. The van der Waals surface area contributed by atoms with Gasteiger partial charge in [-0.3, -0.25) is 14.4 Å². The van der Waals surface area contributed by atoms with E-state index in [1.165, 1.54) is 0 Å². The van der Waals surface area contributed by atoms with Crippen LogP contribution in [0.2, 0.25) is 0 Å². The van der Waals surface area contributed by atoms with Crippen molar-refractivity contribution in [1.82, 2.24) is 0 Å². The van der Waals surface area contributed by atoms with Gasteiger partial charge in [0.05, 0.1) is 54.4 Å². The molecule has 0 aromatic heterocycles. The molecule has 6 aliphatic carbocycles. The molecule has 9 fully saturated rings. The third kappa shape index (κ3) is 2.70. The van der Waals surface area contributed by atoms with Crippen molar-refractivity contribution in [2.45, 2.75) is 75.1 Å². The molecule has 6 saturated carbocycles. The quantitative estimate of drug-likeness (QED) is 0.398. The molecule has 9 aliphatic rings. The Morgan fingerprint density at radius 3 is 1.09 bits per heavy atom. The maximum Gasteiger partial charge on any atom is 1.20 e. The second-order valence-electron chi connectivity index (χ2n) is 12.3. The highest BCUT2D eigenvalue weighted by atomic mass is 27.3. The second kappa shape index (κ2) is 6.57. The molecule has 0 amide bonds. The van der Waals surface area contributed by atoms with Crippen LogP contribution < -0.4 is 0 Å². The summed E-state index contributed by atoms with van der Waals surface area (Å²) in [4.78, 5) is 39.4. The Hall–Kier alpha value is -1.18. The molecule has 15 unspecified atom stereocenters. The maximum atomic E-state index is 13.1. The topological polar surface area (TPSA) is 116 Å². The van der Waals surface area contributed by atoms with Gasteiger partial charge in [0, 0.05) is 17.8 Å². The molecule has 180 valence electrons. The van der Waals surface area contributed by atoms with E-state index in [2.05, 4.69) is 0 Å². The van der Waals surface area contributed by atoms with Gasteiger partial charge in [0.2, 0.25) is 0 Å². The van der Waals surface area contributed by atoms with Gasteiger partial charge in [-0.25, -0.2) is 0 Å². The summed E-state index contributed by atoms with van der Waals surface area (Å²) in [6.45, 7) is 0. The average molecular weight is 486 g/mol. The minimum absolute atomic E-state index is 0.169. The van der Waals surface area contributed by atoms with Crippen LogP contribution in [-0.4, -0.2) is 69.7 Å². The Balaban J connectivity index is 0.909. The first kappa shape index (κ1) is 19.9. The van der Waals surface area contributed by atoms with Crippen LogP contribution in [0.15, 0.2) is 0 Å². The zero-order chi connectivity index (χ0) is 22.5. The van der Waals surface area contributed by atoms with E-state index in [1.807, 2.05) is 0 Å². The zero-order valence-electron chi connectivity index (χ0n) is 18.7. The summed E-state index contributed by atoms with van der Waals surface area (Å²) in [5.41, 5.74) is 0. The van der Waals surface area contributed by atoms with Crippen LogP contribution in [-0.2, 0) is 40.0 Å². The molecule has 0 spiro atoms. The van der Waals surface area contributed by atoms with E-state index < -0.39 is 33.1 Å². The third-order valence-electron chi connectivity index (χ3n) is 10.8. The van der Waals surface area contributed by atoms with Crippen molar-refractivity contribution in [2.24, 2.45) is 53.3 Å². The molecular formula is C24H27AlO9. The van der Waals surface area contributed by atoms with E-state index in [-0.39, 0.29) is 53.8 Å². The number of hydrogen-bond donors (Lipinski definition) is 0. The first-order chi connectivity index (χ1) is 16.5. The van der Waals surface area contributed by atoms with Crippen LogP contribution in [0.5, 0.6) is 0 Å². The third-order valence-corrected chi connectivity index (χ3v) is 12.1. The summed E-state index contributed by atoms with van der Waals surface area (Å²) in [5.74, 6) is -0.182. The van der Waals surface area contributed by atoms with E-state index >= 15 is 0 Å². The zero-order valence-corrected chi connectivity index (χ0v) is 19.8. The predicted molar refractivity (Wildman–Crippen MR) is 109 cm³/mol. The van der Waals surface area contributed by atoms with Crippen LogP contribution in [0, 0.1) is 53.3 Å². The molecule has 3 heterocycles. The first-order valence-electron chi connectivity index (χ1n) is 13.1. The molecule has 9 nitrogen and oxygen atoms in total. The van der Waals surface area contributed by atoms with Crippen LogP contribution in [0.3, 0.4) is 0 Å². The highest BCUT2D eigenvalue weighted by molar-refractivity contribution is 6.44. The summed E-state index contributed by atoms with van der Waals surface area (Å²) >= 11 is -3.34. The van der Waals surface area contributed by atoms with Crippen molar-refractivity contribution in [2.75, 3.05) is 0 Å². The molecule has 6 bridgehead atoms. The van der Waals surface area contributed by atoms with Crippen molar-refractivity contribution < 1.29 is 40.0 Å². The van der Waals surface area contributed by atoms with Gasteiger partial charge in [-0.2, -0.15) is 0 Å². The lowest BCUT2D eigenvalue weighted by Crippen LogP contribution is -2.42. The SMILES string of the molecule is O=C([O][Al]([O]C(=O)C1CC2CC1C1OC21)[O]C(=O)C1CC2CC1C1OC21)C1CC2CC1C1OC21. The van der Waals surface area contributed by atoms with Gasteiger partial charge in [0.1, 0.15) is 0 Å². The lowest BCUT2D eigenvalue weighted by molar-refractivity contribution is -0.155. The number of carbonyl (C=O) groups excluding carboxylic acids is 3. The highest BCUT2D eigenvalue weighted by Crippen LogP contribution is 2.61. The molecule has 0 radical (unpaired) electrons. The fourth-order valence-electron chi connectivity index (χ4n) is 9.24. The largest absolute Gasteiger partial charge is 1.20 e.